The van der Waals surface area contributed by atoms with Crippen molar-refractivity contribution in [3.8, 4) is 0 Å². The number of halogens is 2. The van der Waals surface area contributed by atoms with Gasteiger partial charge in [0.25, 0.3) is 0 Å². The Balaban J connectivity index is 2.17. The number of nitrogens with zero attached hydrogens (tertiary/aromatic N) is 2. The molecule has 2 heterocycles. The van der Waals surface area contributed by atoms with E-state index in [1.165, 1.54) is 24.5 Å². The fourth-order valence-electron chi connectivity index (χ4n) is 1.69. The van der Waals surface area contributed by atoms with Gasteiger partial charge in [0.2, 0.25) is 0 Å². The zero-order valence-corrected chi connectivity index (χ0v) is 11.7. The first-order chi connectivity index (χ1) is 10.6. The van der Waals surface area contributed by atoms with E-state index in [4.69, 9.17) is 4.74 Å². The van der Waals surface area contributed by atoms with Crippen LogP contribution in [0.2, 0.25) is 0 Å². The number of anilines is 2. The van der Waals surface area contributed by atoms with Crippen LogP contribution in [0.4, 0.5) is 20.2 Å². The highest BCUT2D eigenvalue weighted by atomic mass is 19.1. The van der Waals surface area contributed by atoms with Gasteiger partial charge in [-0.05, 0) is 6.92 Å². The van der Waals surface area contributed by atoms with Gasteiger partial charge in [0.1, 0.15) is 11.6 Å². The van der Waals surface area contributed by atoms with E-state index in [1.54, 1.807) is 6.92 Å². The minimum absolute atomic E-state index is 0.168. The van der Waals surface area contributed by atoms with E-state index < -0.39 is 23.8 Å². The topological polar surface area (TPSA) is 76.1 Å². The summed E-state index contributed by atoms with van der Waals surface area (Å²) in [6, 6.07) is 2.34. The molecule has 0 radical (unpaired) electrons. The SMILES string of the molecule is CCOC(=O)C(Nc1cncc(F)c1)Nc1cncc(F)c1. The summed E-state index contributed by atoms with van der Waals surface area (Å²) in [7, 11) is 0. The highest BCUT2D eigenvalue weighted by Gasteiger charge is 2.20. The van der Waals surface area contributed by atoms with Crippen LogP contribution < -0.4 is 10.6 Å². The van der Waals surface area contributed by atoms with Gasteiger partial charge >= 0.3 is 5.97 Å². The lowest BCUT2D eigenvalue weighted by atomic mass is 10.3. The second kappa shape index (κ2) is 7.30. The quantitative estimate of drug-likeness (QED) is 0.629. The molecule has 0 atom stereocenters. The maximum absolute atomic E-state index is 13.1. The summed E-state index contributed by atoms with van der Waals surface area (Å²) in [5.74, 6) is -1.74. The molecule has 0 aliphatic rings. The van der Waals surface area contributed by atoms with Crippen molar-refractivity contribution in [2.75, 3.05) is 17.2 Å². The van der Waals surface area contributed by atoms with E-state index >= 15 is 0 Å². The summed E-state index contributed by atoms with van der Waals surface area (Å²) in [5.41, 5.74) is 0.546. The number of nitrogens with one attached hydrogen (secondary N) is 2. The van der Waals surface area contributed by atoms with Gasteiger partial charge in [-0.2, -0.15) is 0 Å². The molecule has 2 N–H and O–H groups in total. The van der Waals surface area contributed by atoms with Gasteiger partial charge in [-0.25, -0.2) is 13.6 Å². The molecular weight excluding hydrogens is 294 g/mol. The monoisotopic (exact) mass is 308 g/mol. The standard InChI is InChI=1S/C14H14F2N4O2/c1-2-22-14(21)13(19-11-3-9(15)5-17-7-11)20-12-4-10(16)6-18-8-12/h3-8,13,19-20H,2H2,1H3. The second-order valence-electron chi connectivity index (χ2n) is 4.26. The van der Waals surface area contributed by atoms with Gasteiger partial charge in [0.15, 0.2) is 6.17 Å². The molecule has 0 saturated carbocycles. The molecule has 0 fully saturated rings. The smallest absolute Gasteiger partial charge is 0.349 e. The van der Waals surface area contributed by atoms with Gasteiger partial charge in [-0.1, -0.05) is 0 Å². The fourth-order valence-corrected chi connectivity index (χ4v) is 1.69. The third-order valence-electron chi connectivity index (χ3n) is 2.55. The average Bonchev–Trinajstić information content (AvgIpc) is 2.47. The van der Waals surface area contributed by atoms with Gasteiger partial charge in [0, 0.05) is 12.1 Å². The summed E-state index contributed by atoms with van der Waals surface area (Å²) in [4.78, 5) is 19.3. The van der Waals surface area contributed by atoms with Gasteiger partial charge < -0.3 is 15.4 Å². The Morgan fingerprint density at radius 2 is 1.59 bits per heavy atom. The van der Waals surface area contributed by atoms with E-state index in [1.807, 2.05) is 0 Å². The Morgan fingerprint density at radius 3 is 2.00 bits per heavy atom. The number of rotatable bonds is 6. The highest BCUT2D eigenvalue weighted by molar-refractivity contribution is 5.82. The Bertz CT molecular complexity index is 607. The summed E-state index contributed by atoms with van der Waals surface area (Å²) < 4.78 is 31.2. The van der Waals surface area contributed by atoms with Gasteiger partial charge in [-0.15, -0.1) is 0 Å². The molecule has 6 nitrogen and oxygen atoms in total. The van der Waals surface area contributed by atoms with Crippen molar-refractivity contribution in [2.45, 2.75) is 13.1 Å². The van der Waals surface area contributed by atoms with Crippen molar-refractivity contribution in [1.82, 2.24) is 9.97 Å². The number of hydrogen-bond acceptors (Lipinski definition) is 6. The number of pyridine rings is 2. The van der Waals surface area contributed by atoms with E-state index in [-0.39, 0.29) is 18.0 Å². The largest absolute Gasteiger partial charge is 0.463 e. The number of aromatic nitrogens is 2. The third-order valence-corrected chi connectivity index (χ3v) is 2.55. The van der Waals surface area contributed by atoms with Crippen LogP contribution in [0.3, 0.4) is 0 Å². The molecule has 0 aromatic carbocycles. The molecule has 22 heavy (non-hydrogen) atoms. The molecule has 0 aliphatic carbocycles. The van der Waals surface area contributed by atoms with Crippen LogP contribution in [0.5, 0.6) is 0 Å². The lowest BCUT2D eigenvalue weighted by Crippen LogP contribution is -2.38. The van der Waals surface area contributed by atoms with Crippen molar-refractivity contribution in [2.24, 2.45) is 0 Å². The van der Waals surface area contributed by atoms with Crippen molar-refractivity contribution in [1.29, 1.82) is 0 Å². The first kappa shape index (κ1) is 15.6. The van der Waals surface area contributed by atoms with Crippen LogP contribution in [0.1, 0.15) is 6.92 Å². The maximum Gasteiger partial charge on any atom is 0.349 e. The van der Waals surface area contributed by atoms with Crippen molar-refractivity contribution < 1.29 is 18.3 Å². The van der Waals surface area contributed by atoms with E-state index in [0.29, 0.717) is 0 Å². The van der Waals surface area contributed by atoms with Crippen molar-refractivity contribution >= 4 is 17.3 Å². The first-order valence-corrected chi connectivity index (χ1v) is 6.49. The Morgan fingerprint density at radius 1 is 1.09 bits per heavy atom. The molecular formula is C14H14F2N4O2. The Labute approximate surface area is 125 Å². The van der Waals surface area contributed by atoms with Crippen molar-refractivity contribution in [3.05, 3.63) is 48.6 Å². The Kier molecular flexibility index (Phi) is 5.18. The van der Waals surface area contributed by atoms with Crippen molar-refractivity contribution in [3.63, 3.8) is 0 Å². The molecule has 0 bridgehead atoms. The summed E-state index contributed by atoms with van der Waals surface area (Å²) in [5, 5.41) is 5.47. The minimum atomic E-state index is -1.05. The molecule has 0 saturated heterocycles. The fraction of sp³-hybridized carbons (Fsp3) is 0.214. The van der Waals surface area contributed by atoms with E-state index in [0.717, 1.165) is 12.4 Å². The van der Waals surface area contributed by atoms with Crippen LogP contribution in [-0.2, 0) is 9.53 Å². The Hall–Kier alpha value is -2.77. The third kappa shape index (κ3) is 4.37. The summed E-state index contributed by atoms with van der Waals surface area (Å²) >= 11 is 0. The molecule has 2 aromatic heterocycles. The average molecular weight is 308 g/mol. The van der Waals surface area contributed by atoms with Crippen LogP contribution >= 0.6 is 0 Å². The van der Waals surface area contributed by atoms with Crippen LogP contribution in [0.15, 0.2) is 36.9 Å². The predicted octanol–water partition coefficient (Wildman–Crippen LogP) is 2.17. The van der Waals surface area contributed by atoms with E-state index in [2.05, 4.69) is 20.6 Å². The number of esters is 1. The lowest BCUT2D eigenvalue weighted by Gasteiger charge is -2.20. The molecule has 116 valence electrons. The molecule has 0 unspecified atom stereocenters. The lowest BCUT2D eigenvalue weighted by molar-refractivity contribution is -0.143. The number of carbonyl (C=O) groups is 1. The molecule has 8 heteroatoms. The highest BCUT2D eigenvalue weighted by Crippen LogP contribution is 2.13. The molecule has 0 aliphatic heterocycles. The zero-order chi connectivity index (χ0) is 15.9. The van der Waals surface area contributed by atoms with Crippen LogP contribution in [0, 0.1) is 11.6 Å². The molecule has 2 aromatic rings. The minimum Gasteiger partial charge on any atom is -0.463 e. The molecule has 0 spiro atoms. The molecule has 2 rings (SSSR count). The molecule has 0 amide bonds. The number of carbonyl (C=O) groups excluding carboxylic acids is 1. The number of ether oxygens (including phenoxy) is 1. The normalized spacial score (nSPS) is 10.4. The van der Waals surface area contributed by atoms with Gasteiger partial charge in [0.05, 0.1) is 42.8 Å². The summed E-state index contributed by atoms with van der Waals surface area (Å²) in [6.07, 6.45) is 3.72. The number of hydrogen-bond donors (Lipinski definition) is 2. The zero-order valence-electron chi connectivity index (χ0n) is 11.7. The second-order valence-corrected chi connectivity index (χ2v) is 4.26. The summed E-state index contributed by atoms with van der Waals surface area (Å²) in [6.45, 7) is 1.82. The van der Waals surface area contributed by atoms with Crippen LogP contribution in [0.25, 0.3) is 0 Å². The van der Waals surface area contributed by atoms with E-state index in [9.17, 15) is 13.6 Å². The van der Waals surface area contributed by atoms with Gasteiger partial charge in [-0.3, -0.25) is 9.97 Å². The van der Waals surface area contributed by atoms with Crippen LogP contribution in [-0.4, -0.2) is 28.7 Å². The maximum atomic E-state index is 13.1. The predicted molar refractivity (Wildman–Crippen MR) is 76.1 cm³/mol. The first-order valence-electron chi connectivity index (χ1n) is 6.49.